The minimum Gasteiger partial charge on any atom is -0.468 e. The molecular formula is C23H36O4. The van der Waals surface area contributed by atoms with Crippen molar-refractivity contribution in [2.24, 2.45) is 22.2 Å². The quantitative estimate of drug-likeness (QED) is 0.369. The summed E-state index contributed by atoms with van der Waals surface area (Å²) in [6.07, 6.45) is 5.42. The summed E-state index contributed by atoms with van der Waals surface area (Å²) in [5, 5.41) is 0. The second-order valence-electron chi connectivity index (χ2n) is 9.21. The molecular weight excluding hydrogens is 340 g/mol. The molecule has 0 radical (unpaired) electrons. The Morgan fingerprint density at radius 2 is 1.56 bits per heavy atom. The van der Waals surface area contributed by atoms with E-state index in [0.717, 1.165) is 12.0 Å². The van der Waals surface area contributed by atoms with Crippen LogP contribution in [0.3, 0.4) is 0 Å². The molecule has 0 N–H and O–H groups in total. The molecule has 1 rings (SSSR count). The van der Waals surface area contributed by atoms with E-state index >= 15 is 0 Å². The van der Waals surface area contributed by atoms with Crippen molar-refractivity contribution >= 4 is 17.5 Å². The van der Waals surface area contributed by atoms with Crippen molar-refractivity contribution in [3.63, 3.8) is 0 Å². The van der Waals surface area contributed by atoms with Crippen LogP contribution >= 0.6 is 0 Å². The molecule has 1 aliphatic rings. The Kier molecular flexibility index (Phi) is 7.01. The lowest BCUT2D eigenvalue weighted by Crippen LogP contribution is -2.63. The average Bonchev–Trinajstić information content (AvgIpc) is 2.57. The van der Waals surface area contributed by atoms with E-state index in [1.54, 1.807) is 6.92 Å². The smallest absolute Gasteiger partial charge is 0.319 e. The summed E-state index contributed by atoms with van der Waals surface area (Å²) in [4.78, 5) is 39.4. The molecule has 4 nitrogen and oxygen atoms in total. The standard InChI is InChI=1S/C23H36O4/c1-15(2)10-11-18-14-23(20(26)27-9,13-12-16(3)4)19(25)22(8,17(5)24)21(18,6)7/h10,12,18H,11,13-14H2,1-9H3/t18-,22-,23+/m1/s1. The lowest BCUT2D eigenvalue weighted by atomic mass is 9.45. The summed E-state index contributed by atoms with van der Waals surface area (Å²) in [5.74, 6) is -1.02. The normalized spacial score (nSPS) is 29.7. The largest absolute Gasteiger partial charge is 0.468 e. The number of rotatable bonds is 6. The molecule has 152 valence electrons. The second kappa shape index (κ2) is 8.12. The minimum absolute atomic E-state index is 0.00339. The van der Waals surface area contributed by atoms with Crippen LogP contribution in [-0.4, -0.2) is 24.6 Å². The molecule has 0 unspecified atom stereocenters. The molecule has 3 atom stereocenters. The van der Waals surface area contributed by atoms with Gasteiger partial charge < -0.3 is 4.74 Å². The van der Waals surface area contributed by atoms with Crippen molar-refractivity contribution in [2.45, 2.75) is 74.7 Å². The number of hydrogen-bond acceptors (Lipinski definition) is 4. The first-order valence-corrected chi connectivity index (χ1v) is 9.68. The molecule has 0 aromatic heterocycles. The van der Waals surface area contributed by atoms with Crippen LogP contribution in [0.1, 0.15) is 74.7 Å². The van der Waals surface area contributed by atoms with E-state index in [2.05, 4.69) is 6.08 Å². The molecule has 1 fully saturated rings. The zero-order valence-corrected chi connectivity index (χ0v) is 18.5. The van der Waals surface area contributed by atoms with E-state index in [4.69, 9.17) is 4.74 Å². The maximum Gasteiger partial charge on any atom is 0.319 e. The number of ether oxygens (including phenoxy) is 1. The van der Waals surface area contributed by atoms with Gasteiger partial charge in [-0.1, -0.05) is 37.1 Å². The van der Waals surface area contributed by atoms with Crippen LogP contribution in [0.2, 0.25) is 0 Å². The Morgan fingerprint density at radius 3 is 1.96 bits per heavy atom. The van der Waals surface area contributed by atoms with Gasteiger partial charge in [-0.2, -0.15) is 0 Å². The molecule has 1 saturated carbocycles. The third-order valence-corrected chi connectivity index (χ3v) is 6.74. The average molecular weight is 377 g/mol. The topological polar surface area (TPSA) is 60.4 Å². The van der Waals surface area contributed by atoms with Crippen LogP contribution in [0.25, 0.3) is 0 Å². The van der Waals surface area contributed by atoms with Crippen molar-refractivity contribution < 1.29 is 19.1 Å². The zero-order valence-electron chi connectivity index (χ0n) is 18.5. The summed E-state index contributed by atoms with van der Waals surface area (Å²) in [6, 6.07) is 0. The van der Waals surface area contributed by atoms with E-state index in [9.17, 15) is 14.4 Å². The van der Waals surface area contributed by atoms with Gasteiger partial charge in [0.25, 0.3) is 0 Å². The summed E-state index contributed by atoms with van der Waals surface area (Å²) in [6.45, 7) is 15.1. The van der Waals surface area contributed by atoms with Crippen LogP contribution in [0.4, 0.5) is 0 Å². The van der Waals surface area contributed by atoms with Gasteiger partial charge in [-0.3, -0.25) is 14.4 Å². The Balaban J connectivity index is 3.70. The third-order valence-electron chi connectivity index (χ3n) is 6.74. The molecule has 0 heterocycles. The highest BCUT2D eigenvalue weighted by molar-refractivity contribution is 6.17. The molecule has 0 aromatic rings. The SMILES string of the molecule is COC(=O)[C@@]1(CC=C(C)C)C[C@@H](CC=C(C)C)C(C)(C)[C@](C)(C(C)=O)C1=O. The predicted molar refractivity (Wildman–Crippen MR) is 108 cm³/mol. The molecule has 1 aliphatic carbocycles. The van der Waals surface area contributed by atoms with Crippen molar-refractivity contribution in [1.82, 2.24) is 0 Å². The maximum absolute atomic E-state index is 13.8. The van der Waals surface area contributed by atoms with Crippen LogP contribution in [0.5, 0.6) is 0 Å². The molecule has 0 aliphatic heterocycles. The van der Waals surface area contributed by atoms with Crippen molar-refractivity contribution in [1.29, 1.82) is 0 Å². The van der Waals surface area contributed by atoms with Gasteiger partial charge >= 0.3 is 5.97 Å². The van der Waals surface area contributed by atoms with E-state index in [0.29, 0.717) is 6.42 Å². The van der Waals surface area contributed by atoms with Gasteiger partial charge in [0.15, 0.2) is 5.78 Å². The van der Waals surface area contributed by atoms with E-state index in [1.165, 1.54) is 19.6 Å². The summed E-state index contributed by atoms with van der Waals surface area (Å²) >= 11 is 0. The summed E-state index contributed by atoms with van der Waals surface area (Å²) < 4.78 is 5.10. The summed E-state index contributed by atoms with van der Waals surface area (Å²) in [7, 11) is 1.32. The number of allylic oxidation sites excluding steroid dienone is 4. The van der Waals surface area contributed by atoms with E-state index in [-0.39, 0.29) is 23.9 Å². The van der Waals surface area contributed by atoms with Crippen molar-refractivity contribution in [3.05, 3.63) is 23.3 Å². The highest BCUT2D eigenvalue weighted by Crippen LogP contribution is 2.59. The Bertz CT molecular complexity index is 674. The first kappa shape index (κ1) is 23.3. The van der Waals surface area contributed by atoms with Gasteiger partial charge in [0, 0.05) is 0 Å². The molecule has 0 spiro atoms. The fraction of sp³-hybridized carbons (Fsp3) is 0.696. The fourth-order valence-electron chi connectivity index (χ4n) is 4.33. The van der Waals surface area contributed by atoms with Crippen LogP contribution in [-0.2, 0) is 19.1 Å². The third kappa shape index (κ3) is 3.95. The number of hydrogen-bond donors (Lipinski definition) is 0. The minimum atomic E-state index is -1.32. The van der Waals surface area contributed by atoms with Crippen LogP contribution in [0, 0.1) is 22.2 Å². The second-order valence-corrected chi connectivity index (χ2v) is 9.21. The highest BCUT2D eigenvalue weighted by Gasteiger charge is 2.66. The Morgan fingerprint density at radius 1 is 1.04 bits per heavy atom. The van der Waals surface area contributed by atoms with Gasteiger partial charge in [-0.25, -0.2) is 0 Å². The molecule has 4 heteroatoms. The Hall–Kier alpha value is -1.71. The summed E-state index contributed by atoms with van der Waals surface area (Å²) in [5.41, 5.74) is -0.914. The number of methoxy groups -OCH3 is 1. The molecule has 0 saturated heterocycles. The Labute approximate surface area is 164 Å². The van der Waals surface area contributed by atoms with Gasteiger partial charge in [0.05, 0.1) is 12.5 Å². The first-order valence-electron chi connectivity index (χ1n) is 9.68. The monoisotopic (exact) mass is 376 g/mol. The maximum atomic E-state index is 13.8. The number of esters is 1. The van der Waals surface area contributed by atoms with E-state index < -0.39 is 22.2 Å². The number of Topliss-reactive ketones (excluding diaryl/α,β-unsaturated/α-hetero) is 2. The molecule has 0 bridgehead atoms. The predicted octanol–water partition coefficient (Wildman–Crippen LogP) is 5.07. The van der Waals surface area contributed by atoms with Gasteiger partial charge in [0.2, 0.25) is 0 Å². The fourth-order valence-corrected chi connectivity index (χ4v) is 4.33. The van der Waals surface area contributed by atoms with Gasteiger partial charge in [-0.05, 0) is 72.1 Å². The van der Waals surface area contributed by atoms with Crippen molar-refractivity contribution in [2.75, 3.05) is 7.11 Å². The zero-order chi connectivity index (χ0) is 21.2. The van der Waals surface area contributed by atoms with Crippen molar-refractivity contribution in [3.8, 4) is 0 Å². The van der Waals surface area contributed by atoms with Crippen LogP contribution in [0.15, 0.2) is 23.3 Å². The molecule has 0 amide bonds. The van der Waals surface area contributed by atoms with Crippen LogP contribution < -0.4 is 0 Å². The first-order chi connectivity index (χ1) is 12.3. The van der Waals surface area contributed by atoms with E-state index in [1.807, 2.05) is 47.6 Å². The molecule has 27 heavy (non-hydrogen) atoms. The van der Waals surface area contributed by atoms with Gasteiger partial charge in [0.1, 0.15) is 11.2 Å². The number of carbonyl (C=O) groups excluding carboxylic acids is 3. The lowest BCUT2D eigenvalue weighted by Gasteiger charge is -2.55. The number of ketones is 2. The highest BCUT2D eigenvalue weighted by atomic mass is 16.5. The number of carbonyl (C=O) groups is 3. The van der Waals surface area contributed by atoms with Gasteiger partial charge in [-0.15, -0.1) is 0 Å². The lowest BCUT2D eigenvalue weighted by molar-refractivity contribution is -0.179. The molecule has 0 aromatic carbocycles.